The quantitative estimate of drug-likeness (QED) is 0.602. The van der Waals surface area contributed by atoms with Gasteiger partial charge in [0.15, 0.2) is 0 Å². The topological polar surface area (TPSA) is 32.8 Å². The maximum absolute atomic E-state index is 9.29. The second-order valence-corrected chi connectivity index (χ2v) is 9.29. The van der Waals surface area contributed by atoms with Crippen LogP contribution in [0.2, 0.25) is 0 Å². The molecule has 1 N–H and O–H groups in total. The van der Waals surface area contributed by atoms with Crippen LogP contribution in [0.5, 0.6) is 0 Å². The Kier molecular flexibility index (Phi) is 4.01. The molecule has 0 radical (unpaired) electrons. The molecule has 5 atom stereocenters. The van der Waals surface area contributed by atoms with E-state index >= 15 is 0 Å². The van der Waals surface area contributed by atoms with E-state index in [0.29, 0.717) is 16.7 Å². The fourth-order valence-electron chi connectivity index (χ4n) is 5.98. The highest BCUT2D eigenvalue weighted by molar-refractivity contribution is 5.16. The molecule has 0 aromatic carbocycles. The summed E-state index contributed by atoms with van der Waals surface area (Å²) in [7, 11) is 0. The lowest BCUT2D eigenvalue weighted by atomic mass is 9.47. The van der Waals surface area contributed by atoms with E-state index in [1.54, 1.807) is 0 Å². The number of aliphatic hydroxyl groups excluding tert-OH is 1. The largest absolute Gasteiger partial charge is 0.394 e. The van der Waals surface area contributed by atoms with Crippen LogP contribution in [-0.2, 0) is 4.74 Å². The van der Waals surface area contributed by atoms with E-state index in [2.05, 4.69) is 34.3 Å². The van der Waals surface area contributed by atoms with Crippen molar-refractivity contribution in [2.45, 2.75) is 84.3 Å². The van der Waals surface area contributed by atoms with Crippen LogP contribution >= 0.6 is 0 Å². The Morgan fingerprint density at radius 2 is 1.95 bits per heavy atom. The van der Waals surface area contributed by atoms with E-state index in [-0.39, 0.29) is 18.3 Å². The average Bonchev–Trinajstić information content (AvgIpc) is 3.08. The van der Waals surface area contributed by atoms with Crippen LogP contribution in [0.4, 0.5) is 0 Å². The van der Waals surface area contributed by atoms with Crippen molar-refractivity contribution < 1.29 is 9.84 Å². The van der Waals surface area contributed by atoms with E-state index in [9.17, 15) is 5.11 Å². The molecule has 126 valence electrons. The maximum Gasteiger partial charge on any atom is 0.110 e. The highest BCUT2D eigenvalue weighted by Gasteiger charge is 2.55. The van der Waals surface area contributed by atoms with Crippen LogP contribution in [0.1, 0.15) is 72.6 Å². The lowest BCUT2D eigenvalue weighted by Crippen LogP contribution is -2.49. The number of ether oxygens (including phenoxy) is 1. The Hall–Kier alpha value is -0.340. The molecule has 2 heteroatoms. The summed E-state index contributed by atoms with van der Waals surface area (Å²) in [5, 5.41) is 9.29. The van der Waals surface area contributed by atoms with Gasteiger partial charge in [-0.05, 0) is 68.1 Å². The summed E-state index contributed by atoms with van der Waals surface area (Å²) in [4.78, 5) is 0. The second-order valence-electron chi connectivity index (χ2n) is 9.29. The van der Waals surface area contributed by atoms with Gasteiger partial charge in [0.2, 0.25) is 0 Å². The highest BCUT2D eigenvalue weighted by atomic mass is 16.6. The van der Waals surface area contributed by atoms with Crippen LogP contribution in [0, 0.1) is 22.7 Å². The molecule has 0 aromatic rings. The van der Waals surface area contributed by atoms with Crippen LogP contribution in [0.3, 0.4) is 0 Å². The number of epoxide rings is 1. The van der Waals surface area contributed by atoms with E-state index in [1.807, 2.05) is 0 Å². The van der Waals surface area contributed by atoms with Gasteiger partial charge in [-0.3, -0.25) is 0 Å². The molecule has 3 aliphatic rings. The minimum absolute atomic E-state index is 0.0655. The number of aliphatic hydroxyl groups is 1. The van der Waals surface area contributed by atoms with Gasteiger partial charge < -0.3 is 9.84 Å². The first-order valence-corrected chi connectivity index (χ1v) is 9.19. The van der Waals surface area contributed by atoms with Crippen molar-refractivity contribution in [3.8, 4) is 0 Å². The standard InChI is InChI=1S/C20H34O2/c1-14-7-8-16-18(2,3)10-6-11-19(16,4)15(14)9-12-20(5)17(13-21)22-20/h15-17,21H,1,6-13H2,2-5H3. The van der Waals surface area contributed by atoms with Crippen LogP contribution in [0.25, 0.3) is 0 Å². The van der Waals surface area contributed by atoms with Gasteiger partial charge in [0.1, 0.15) is 6.10 Å². The smallest absolute Gasteiger partial charge is 0.110 e. The fraction of sp³-hybridized carbons (Fsp3) is 0.900. The molecule has 2 nitrogen and oxygen atoms in total. The number of hydrogen-bond donors (Lipinski definition) is 1. The Labute approximate surface area is 136 Å². The predicted octanol–water partition coefficient (Wildman–Crippen LogP) is 4.72. The fourth-order valence-corrected chi connectivity index (χ4v) is 5.98. The van der Waals surface area contributed by atoms with Gasteiger partial charge in [0.25, 0.3) is 0 Å². The van der Waals surface area contributed by atoms with Crippen molar-refractivity contribution in [3.63, 3.8) is 0 Å². The predicted molar refractivity (Wildman–Crippen MR) is 90.7 cm³/mol. The third kappa shape index (κ3) is 2.57. The molecule has 0 amide bonds. The highest BCUT2D eigenvalue weighted by Crippen LogP contribution is 2.62. The minimum Gasteiger partial charge on any atom is -0.394 e. The number of rotatable bonds is 4. The van der Waals surface area contributed by atoms with Gasteiger partial charge in [0, 0.05) is 0 Å². The first-order chi connectivity index (χ1) is 10.2. The van der Waals surface area contributed by atoms with Crippen molar-refractivity contribution >= 4 is 0 Å². The van der Waals surface area contributed by atoms with Gasteiger partial charge in [-0.15, -0.1) is 0 Å². The third-order valence-corrected chi connectivity index (χ3v) is 7.45. The van der Waals surface area contributed by atoms with E-state index in [4.69, 9.17) is 4.74 Å². The van der Waals surface area contributed by atoms with Gasteiger partial charge in [-0.1, -0.05) is 39.3 Å². The molecule has 1 saturated heterocycles. The first-order valence-electron chi connectivity index (χ1n) is 9.19. The molecule has 0 spiro atoms. The van der Waals surface area contributed by atoms with E-state index in [0.717, 1.165) is 12.3 Å². The second kappa shape index (κ2) is 5.34. The molecule has 1 heterocycles. The van der Waals surface area contributed by atoms with Gasteiger partial charge in [0.05, 0.1) is 12.2 Å². The number of allylic oxidation sites excluding steroid dienone is 1. The van der Waals surface area contributed by atoms with Gasteiger partial charge in [-0.2, -0.15) is 0 Å². The van der Waals surface area contributed by atoms with Crippen LogP contribution < -0.4 is 0 Å². The summed E-state index contributed by atoms with van der Waals surface area (Å²) in [6.07, 6.45) is 8.92. The molecule has 5 unspecified atom stereocenters. The van der Waals surface area contributed by atoms with Gasteiger partial charge >= 0.3 is 0 Å². The van der Waals surface area contributed by atoms with Crippen molar-refractivity contribution in [1.29, 1.82) is 0 Å². The van der Waals surface area contributed by atoms with Crippen molar-refractivity contribution in [2.75, 3.05) is 6.61 Å². The maximum atomic E-state index is 9.29. The van der Waals surface area contributed by atoms with Crippen LogP contribution in [0.15, 0.2) is 12.2 Å². The lowest BCUT2D eigenvalue weighted by Gasteiger charge is -2.58. The molecular formula is C20H34O2. The molecule has 1 aliphatic heterocycles. The molecule has 2 aliphatic carbocycles. The van der Waals surface area contributed by atoms with Crippen LogP contribution in [-0.4, -0.2) is 23.4 Å². The number of fused-ring (bicyclic) bond motifs is 1. The minimum atomic E-state index is -0.0808. The molecule has 2 saturated carbocycles. The SMILES string of the molecule is C=C1CCC2C(C)(C)CCCC2(C)C1CCC1(C)OC1CO. The molecule has 0 aromatic heterocycles. The molecule has 0 bridgehead atoms. The summed E-state index contributed by atoms with van der Waals surface area (Å²) in [6, 6.07) is 0. The third-order valence-electron chi connectivity index (χ3n) is 7.45. The number of hydrogen-bond acceptors (Lipinski definition) is 2. The Morgan fingerprint density at radius 1 is 1.23 bits per heavy atom. The molecule has 3 rings (SSSR count). The molecule has 3 fully saturated rings. The average molecular weight is 306 g/mol. The monoisotopic (exact) mass is 306 g/mol. The van der Waals surface area contributed by atoms with E-state index < -0.39 is 0 Å². The van der Waals surface area contributed by atoms with E-state index in [1.165, 1.54) is 44.1 Å². The summed E-state index contributed by atoms with van der Waals surface area (Å²) >= 11 is 0. The molecule has 22 heavy (non-hydrogen) atoms. The van der Waals surface area contributed by atoms with Crippen molar-refractivity contribution in [3.05, 3.63) is 12.2 Å². The summed E-state index contributed by atoms with van der Waals surface area (Å²) in [6.45, 7) is 14.3. The van der Waals surface area contributed by atoms with Crippen molar-refractivity contribution in [2.24, 2.45) is 22.7 Å². The Balaban J connectivity index is 1.75. The molecular weight excluding hydrogens is 272 g/mol. The summed E-state index contributed by atoms with van der Waals surface area (Å²) in [5.74, 6) is 1.46. The summed E-state index contributed by atoms with van der Waals surface area (Å²) in [5.41, 5.74) is 2.28. The zero-order chi connectivity index (χ0) is 16.2. The zero-order valence-corrected chi connectivity index (χ0v) is 15.0. The Morgan fingerprint density at radius 3 is 2.59 bits per heavy atom. The van der Waals surface area contributed by atoms with Gasteiger partial charge in [-0.25, -0.2) is 0 Å². The Bertz CT molecular complexity index is 455. The lowest BCUT2D eigenvalue weighted by molar-refractivity contribution is -0.0555. The zero-order valence-electron chi connectivity index (χ0n) is 15.0. The van der Waals surface area contributed by atoms with Crippen molar-refractivity contribution in [1.82, 2.24) is 0 Å². The normalized spacial score (nSPS) is 47.1. The first kappa shape index (κ1) is 16.5. The summed E-state index contributed by atoms with van der Waals surface area (Å²) < 4.78 is 5.71.